The van der Waals surface area contributed by atoms with Crippen molar-refractivity contribution in [2.75, 3.05) is 61.8 Å². The first-order chi connectivity index (χ1) is 15.6. The smallest absolute Gasteiger partial charge is 0.211 e. The number of piperazine rings is 1. The van der Waals surface area contributed by atoms with Gasteiger partial charge in [0.1, 0.15) is 0 Å². The number of hydrogen-bond donors (Lipinski definition) is 2. The molecule has 1 aliphatic heterocycles. The monoisotopic (exact) mass is 452 g/mol. The second kappa shape index (κ2) is 10.8. The highest BCUT2D eigenvalue weighted by Crippen LogP contribution is 2.22. The molecule has 7 heteroatoms. The molecule has 1 aliphatic rings. The normalized spacial score (nSPS) is 15.2. The lowest BCUT2D eigenvalue weighted by Crippen LogP contribution is -2.47. The Balaban J connectivity index is 1.14. The molecule has 0 amide bonds. The molecule has 0 atom stereocenters. The summed E-state index contributed by atoms with van der Waals surface area (Å²) in [6.45, 7) is 5.64. The molecule has 0 radical (unpaired) electrons. The molecular weight excluding hydrogens is 420 g/mol. The van der Waals surface area contributed by atoms with E-state index in [1.165, 1.54) is 11.1 Å². The van der Waals surface area contributed by atoms with Crippen molar-refractivity contribution < 1.29 is 8.42 Å². The van der Waals surface area contributed by atoms with Crippen LogP contribution in [0.3, 0.4) is 0 Å². The van der Waals surface area contributed by atoms with Gasteiger partial charge in [0.05, 0.1) is 5.75 Å². The van der Waals surface area contributed by atoms with Gasteiger partial charge < -0.3 is 10.2 Å². The molecule has 1 heterocycles. The first kappa shape index (κ1) is 22.6. The van der Waals surface area contributed by atoms with Gasteiger partial charge in [-0.2, -0.15) is 0 Å². The number of anilines is 2. The molecule has 170 valence electrons. The van der Waals surface area contributed by atoms with E-state index in [0.717, 1.165) is 43.8 Å². The van der Waals surface area contributed by atoms with E-state index in [1.807, 2.05) is 30.3 Å². The molecule has 32 heavy (non-hydrogen) atoms. The van der Waals surface area contributed by atoms with Crippen molar-refractivity contribution in [1.29, 1.82) is 0 Å². The van der Waals surface area contributed by atoms with E-state index in [-0.39, 0.29) is 5.75 Å². The largest absolute Gasteiger partial charge is 0.383 e. The summed E-state index contributed by atoms with van der Waals surface area (Å²) in [5, 5.41) is 5.66. The number of benzene rings is 3. The van der Waals surface area contributed by atoms with E-state index < -0.39 is 10.0 Å². The molecule has 0 bridgehead atoms. The van der Waals surface area contributed by atoms with E-state index in [1.54, 1.807) is 0 Å². The van der Waals surface area contributed by atoms with Gasteiger partial charge >= 0.3 is 0 Å². The minimum Gasteiger partial charge on any atom is -0.383 e. The van der Waals surface area contributed by atoms with E-state index in [9.17, 15) is 8.42 Å². The summed E-state index contributed by atoms with van der Waals surface area (Å²) in [7, 11) is -3.26. The lowest BCUT2D eigenvalue weighted by Gasteiger charge is -2.36. The summed E-state index contributed by atoms with van der Waals surface area (Å²) in [5.41, 5.74) is 2.29. The van der Waals surface area contributed by atoms with Crippen LogP contribution in [0, 0.1) is 0 Å². The highest BCUT2D eigenvalue weighted by atomic mass is 32.2. The Morgan fingerprint density at radius 1 is 0.781 bits per heavy atom. The Bertz CT molecular complexity index is 1090. The van der Waals surface area contributed by atoms with Crippen molar-refractivity contribution in [3.63, 3.8) is 0 Å². The predicted molar refractivity (Wildman–Crippen MR) is 134 cm³/mol. The summed E-state index contributed by atoms with van der Waals surface area (Å²) < 4.78 is 27.5. The quantitative estimate of drug-likeness (QED) is 0.462. The van der Waals surface area contributed by atoms with E-state index >= 15 is 0 Å². The Labute approximate surface area is 191 Å². The molecule has 0 spiro atoms. The molecular formula is C25H32N4O2S. The van der Waals surface area contributed by atoms with Gasteiger partial charge in [0, 0.05) is 56.0 Å². The van der Waals surface area contributed by atoms with Crippen LogP contribution in [-0.4, -0.2) is 64.9 Å². The van der Waals surface area contributed by atoms with Crippen molar-refractivity contribution in [3.05, 3.63) is 72.8 Å². The second-order valence-electron chi connectivity index (χ2n) is 8.18. The summed E-state index contributed by atoms with van der Waals surface area (Å²) >= 11 is 0. The van der Waals surface area contributed by atoms with Gasteiger partial charge in [0.25, 0.3) is 0 Å². The Morgan fingerprint density at radius 2 is 1.50 bits per heavy atom. The first-order valence-electron chi connectivity index (χ1n) is 11.3. The molecule has 1 fully saturated rings. The summed E-state index contributed by atoms with van der Waals surface area (Å²) in [6, 6.07) is 24.7. The Morgan fingerprint density at radius 3 is 2.31 bits per heavy atom. The zero-order valence-corrected chi connectivity index (χ0v) is 19.2. The van der Waals surface area contributed by atoms with E-state index in [0.29, 0.717) is 19.5 Å². The lowest BCUT2D eigenvalue weighted by molar-refractivity contribution is 0.258. The van der Waals surface area contributed by atoms with Crippen LogP contribution < -0.4 is 14.9 Å². The van der Waals surface area contributed by atoms with E-state index in [4.69, 9.17) is 0 Å². The molecule has 4 rings (SSSR count). The number of nitrogens with zero attached hydrogens (tertiary/aromatic N) is 2. The highest BCUT2D eigenvalue weighted by molar-refractivity contribution is 7.89. The Hall–Kier alpha value is -2.61. The van der Waals surface area contributed by atoms with Crippen molar-refractivity contribution in [2.24, 2.45) is 0 Å². The highest BCUT2D eigenvalue weighted by Gasteiger charge is 2.18. The van der Waals surface area contributed by atoms with Gasteiger partial charge in [-0.05, 0) is 36.6 Å². The first-order valence-corrected chi connectivity index (χ1v) is 13.0. The maximum atomic E-state index is 12.4. The van der Waals surface area contributed by atoms with Gasteiger partial charge in [-0.15, -0.1) is 0 Å². The van der Waals surface area contributed by atoms with Crippen LogP contribution in [0.4, 0.5) is 11.4 Å². The van der Waals surface area contributed by atoms with Crippen LogP contribution in [0.15, 0.2) is 72.8 Å². The molecule has 0 unspecified atom stereocenters. The van der Waals surface area contributed by atoms with Gasteiger partial charge in [0.15, 0.2) is 0 Å². The number of sulfonamides is 1. The minimum absolute atomic E-state index is 0.167. The SMILES string of the molecule is O=S(=O)(CCCN1CCN(c2ccccc2)CC1)NCCNc1cccc2ccccc12. The lowest BCUT2D eigenvalue weighted by atomic mass is 10.1. The van der Waals surface area contributed by atoms with Gasteiger partial charge in [-0.3, -0.25) is 4.90 Å². The molecule has 6 nitrogen and oxygen atoms in total. The fourth-order valence-corrected chi connectivity index (χ4v) is 5.27. The summed E-state index contributed by atoms with van der Waals surface area (Å²) in [6.07, 6.45) is 0.650. The van der Waals surface area contributed by atoms with Gasteiger partial charge in [-0.1, -0.05) is 54.6 Å². The van der Waals surface area contributed by atoms with Gasteiger partial charge in [-0.25, -0.2) is 13.1 Å². The van der Waals surface area contributed by atoms with Crippen LogP contribution in [0.1, 0.15) is 6.42 Å². The molecule has 0 aliphatic carbocycles. The number of fused-ring (bicyclic) bond motifs is 1. The number of nitrogens with one attached hydrogen (secondary N) is 2. The minimum atomic E-state index is -3.26. The van der Waals surface area contributed by atoms with Crippen LogP contribution in [-0.2, 0) is 10.0 Å². The number of hydrogen-bond acceptors (Lipinski definition) is 5. The molecule has 1 saturated heterocycles. The van der Waals surface area contributed by atoms with Crippen molar-refractivity contribution in [2.45, 2.75) is 6.42 Å². The average molecular weight is 453 g/mol. The summed E-state index contributed by atoms with van der Waals surface area (Å²) in [4.78, 5) is 4.74. The Kier molecular flexibility index (Phi) is 7.63. The van der Waals surface area contributed by atoms with Crippen LogP contribution in [0.5, 0.6) is 0 Å². The number of rotatable bonds is 10. The molecule has 3 aromatic rings. The molecule has 0 saturated carbocycles. The predicted octanol–water partition coefficient (Wildman–Crippen LogP) is 3.38. The topological polar surface area (TPSA) is 64.7 Å². The standard InChI is InChI=1S/C25H32N4O2S/c30-32(31,27-15-14-26-25-13-6-9-22-8-4-5-12-24(22)25)21-7-16-28-17-19-29(20-18-28)23-10-2-1-3-11-23/h1-6,8-13,26-27H,7,14-21H2. The van der Waals surface area contributed by atoms with Crippen molar-refractivity contribution >= 4 is 32.2 Å². The molecule has 3 aromatic carbocycles. The van der Waals surface area contributed by atoms with Crippen LogP contribution >= 0.6 is 0 Å². The zero-order valence-electron chi connectivity index (χ0n) is 18.4. The second-order valence-corrected chi connectivity index (χ2v) is 10.1. The maximum Gasteiger partial charge on any atom is 0.211 e. The van der Waals surface area contributed by atoms with Gasteiger partial charge in [0.2, 0.25) is 10.0 Å². The number of para-hydroxylation sites is 1. The molecule has 2 N–H and O–H groups in total. The van der Waals surface area contributed by atoms with Crippen molar-refractivity contribution in [3.8, 4) is 0 Å². The average Bonchev–Trinajstić information content (AvgIpc) is 2.83. The summed E-state index contributed by atoms with van der Waals surface area (Å²) in [5.74, 6) is 0.167. The van der Waals surface area contributed by atoms with E-state index in [2.05, 4.69) is 62.3 Å². The fraction of sp³-hybridized carbons (Fsp3) is 0.360. The third kappa shape index (κ3) is 6.22. The third-order valence-electron chi connectivity index (χ3n) is 5.93. The van der Waals surface area contributed by atoms with Crippen LogP contribution in [0.25, 0.3) is 10.8 Å². The third-order valence-corrected chi connectivity index (χ3v) is 7.40. The zero-order chi connectivity index (χ0) is 22.2. The fourth-order valence-electron chi connectivity index (χ4n) is 4.20. The maximum absolute atomic E-state index is 12.4. The molecule has 0 aromatic heterocycles. The van der Waals surface area contributed by atoms with Crippen LogP contribution in [0.2, 0.25) is 0 Å². The van der Waals surface area contributed by atoms with Crippen molar-refractivity contribution in [1.82, 2.24) is 9.62 Å².